The number of amides is 1. The van der Waals surface area contributed by atoms with Gasteiger partial charge < -0.3 is 5.32 Å². The van der Waals surface area contributed by atoms with Crippen molar-refractivity contribution < 1.29 is 13.2 Å². The van der Waals surface area contributed by atoms with Crippen molar-refractivity contribution in [2.45, 2.75) is 51.0 Å². The first-order valence-corrected chi connectivity index (χ1v) is 11.4. The van der Waals surface area contributed by atoms with Crippen molar-refractivity contribution in [1.82, 2.24) is 14.6 Å². The number of piperidine rings is 1. The van der Waals surface area contributed by atoms with E-state index in [0.29, 0.717) is 24.5 Å². The van der Waals surface area contributed by atoms with Gasteiger partial charge in [-0.1, -0.05) is 6.07 Å². The fourth-order valence-electron chi connectivity index (χ4n) is 3.17. The Kier molecular flexibility index (Phi) is 5.98. The van der Waals surface area contributed by atoms with Crippen LogP contribution in [0.5, 0.6) is 0 Å². The second kappa shape index (κ2) is 8.08. The molecular formula is C19H25N3O3S2. The smallest absolute Gasteiger partial charge is 0.243 e. The van der Waals surface area contributed by atoms with Gasteiger partial charge in [0.25, 0.3) is 0 Å². The number of nitrogens with one attached hydrogen (secondary N) is 1. The summed E-state index contributed by atoms with van der Waals surface area (Å²) in [7, 11) is -3.45. The second-order valence-electron chi connectivity index (χ2n) is 7.01. The normalized spacial score (nSPS) is 16.4. The van der Waals surface area contributed by atoms with Crippen molar-refractivity contribution in [3.63, 3.8) is 0 Å². The van der Waals surface area contributed by atoms with Crippen LogP contribution in [0.15, 0.2) is 28.5 Å². The average molecular weight is 408 g/mol. The number of sulfonamides is 1. The van der Waals surface area contributed by atoms with E-state index in [4.69, 9.17) is 0 Å². The Morgan fingerprint density at radius 1 is 1.26 bits per heavy atom. The number of rotatable bonds is 5. The third kappa shape index (κ3) is 4.56. The molecule has 1 aromatic carbocycles. The summed E-state index contributed by atoms with van der Waals surface area (Å²) in [6, 6.07) is 5.31. The zero-order valence-electron chi connectivity index (χ0n) is 15.9. The van der Waals surface area contributed by atoms with E-state index in [-0.39, 0.29) is 11.8 Å². The van der Waals surface area contributed by atoms with Crippen LogP contribution in [-0.2, 0) is 21.4 Å². The van der Waals surface area contributed by atoms with E-state index in [0.717, 1.165) is 34.7 Å². The Labute approximate surface area is 164 Å². The van der Waals surface area contributed by atoms with Gasteiger partial charge in [-0.15, -0.1) is 11.3 Å². The number of hydrogen-bond donors (Lipinski definition) is 1. The zero-order chi connectivity index (χ0) is 19.6. The zero-order valence-corrected chi connectivity index (χ0v) is 17.5. The molecule has 1 amide bonds. The van der Waals surface area contributed by atoms with Crippen molar-refractivity contribution in [2.24, 2.45) is 0 Å². The van der Waals surface area contributed by atoms with Crippen LogP contribution >= 0.6 is 11.3 Å². The van der Waals surface area contributed by atoms with Crippen LogP contribution in [0.1, 0.15) is 47.5 Å². The summed E-state index contributed by atoms with van der Waals surface area (Å²) < 4.78 is 27.4. The van der Waals surface area contributed by atoms with Crippen molar-refractivity contribution in [3.05, 3.63) is 45.4 Å². The van der Waals surface area contributed by atoms with Crippen LogP contribution in [0, 0.1) is 13.8 Å². The second-order valence-corrected chi connectivity index (χ2v) is 9.84. The number of hydrogen-bond acceptors (Lipinski definition) is 5. The lowest BCUT2D eigenvalue weighted by atomic mass is 9.99. The first-order chi connectivity index (χ1) is 12.8. The van der Waals surface area contributed by atoms with Crippen LogP contribution in [0.25, 0.3) is 0 Å². The minimum absolute atomic E-state index is 0.0746. The quantitative estimate of drug-likeness (QED) is 0.826. The van der Waals surface area contributed by atoms with Gasteiger partial charge in [0.1, 0.15) is 0 Å². The summed E-state index contributed by atoms with van der Waals surface area (Å²) in [6.07, 6.45) is 1.52. The lowest BCUT2D eigenvalue weighted by molar-refractivity contribution is -0.119. The van der Waals surface area contributed by atoms with E-state index in [2.05, 4.69) is 10.3 Å². The van der Waals surface area contributed by atoms with Crippen LogP contribution in [0.4, 0.5) is 0 Å². The number of carbonyl (C=O) groups excluding carboxylic acids is 1. The van der Waals surface area contributed by atoms with Crippen molar-refractivity contribution in [3.8, 4) is 0 Å². The number of benzene rings is 1. The van der Waals surface area contributed by atoms with E-state index in [9.17, 15) is 13.2 Å². The first-order valence-electron chi connectivity index (χ1n) is 9.03. The molecule has 2 heterocycles. The standard InChI is InChI=1S/C19H25N3O3S2/c1-13-4-5-18(10-14(13)2)27(24,25)22-8-6-16(7-9-22)19-21-17(12-26-19)11-20-15(3)23/h4-5,10,12,16H,6-9,11H2,1-3H3,(H,20,23). The van der Waals surface area contributed by atoms with Gasteiger partial charge in [-0.05, 0) is 49.9 Å². The topological polar surface area (TPSA) is 79.4 Å². The highest BCUT2D eigenvalue weighted by Gasteiger charge is 2.31. The molecule has 1 aliphatic rings. The molecule has 0 unspecified atom stereocenters. The predicted octanol–water partition coefficient (Wildman–Crippen LogP) is 2.96. The van der Waals surface area contributed by atoms with E-state index in [1.807, 2.05) is 25.3 Å². The Morgan fingerprint density at radius 3 is 2.59 bits per heavy atom. The molecule has 2 aromatic rings. The summed E-state index contributed by atoms with van der Waals surface area (Å²) in [5, 5.41) is 5.74. The average Bonchev–Trinajstić information content (AvgIpc) is 3.11. The lowest BCUT2D eigenvalue weighted by Gasteiger charge is -2.30. The van der Waals surface area contributed by atoms with Crippen molar-refractivity contribution in [1.29, 1.82) is 0 Å². The number of carbonyl (C=O) groups is 1. The molecule has 1 N–H and O–H groups in total. The number of aromatic nitrogens is 1. The molecule has 0 aliphatic carbocycles. The molecule has 27 heavy (non-hydrogen) atoms. The Hall–Kier alpha value is -1.77. The van der Waals surface area contributed by atoms with Crippen molar-refractivity contribution in [2.75, 3.05) is 13.1 Å². The molecule has 0 radical (unpaired) electrons. The Bertz CT molecular complexity index is 929. The van der Waals surface area contributed by atoms with Gasteiger partial charge in [0.2, 0.25) is 15.9 Å². The van der Waals surface area contributed by atoms with E-state index in [1.54, 1.807) is 27.8 Å². The highest BCUT2D eigenvalue weighted by atomic mass is 32.2. The van der Waals surface area contributed by atoms with E-state index >= 15 is 0 Å². The summed E-state index contributed by atoms with van der Waals surface area (Å²) in [4.78, 5) is 16.0. The third-order valence-corrected chi connectivity index (χ3v) is 7.96. The molecule has 0 bridgehead atoms. The first kappa shape index (κ1) is 20.0. The monoisotopic (exact) mass is 407 g/mol. The fourth-order valence-corrected chi connectivity index (χ4v) is 5.72. The molecule has 146 valence electrons. The Balaban J connectivity index is 1.64. The maximum absolute atomic E-state index is 12.9. The molecule has 0 atom stereocenters. The van der Waals surface area contributed by atoms with Crippen LogP contribution in [-0.4, -0.2) is 36.7 Å². The molecule has 0 spiro atoms. The van der Waals surface area contributed by atoms with Crippen molar-refractivity contribution >= 4 is 27.3 Å². The molecule has 1 aliphatic heterocycles. The number of thiazole rings is 1. The van der Waals surface area contributed by atoms with E-state index in [1.165, 1.54) is 6.92 Å². The molecular weight excluding hydrogens is 382 g/mol. The maximum Gasteiger partial charge on any atom is 0.243 e. The molecule has 6 nitrogen and oxygen atoms in total. The van der Waals surface area contributed by atoms with Gasteiger partial charge in [0.05, 0.1) is 22.1 Å². The van der Waals surface area contributed by atoms with Crippen LogP contribution in [0.3, 0.4) is 0 Å². The summed E-state index contributed by atoms with van der Waals surface area (Å²) in [5.41, 5.74) is 2.93. The Morgan fingerprint density at radius 2 is 1.96 bits per heavy atom. The lowest BCUT2D eigenvalue weighted by Crippen LogP contribution is -2.37. The third-order valence-electron chi connectivity index (χ3n) is 5.01. The number of aryl methyl sites for hydroxylation is 2. The number of nitrogens with zero attached hydrogens (tertiary/aromatic N) is 2. The highest BCUT2D eigenvalue weighted by Crippen LogP contribution is 2.32. The molecule has 1 fully saturated rings. The molecule has 3 rings (SSSR count). The summed E-state index contributed by atoms with van der Waals surface area (Å²) in [6.45, 7) is 6.83. The van der Waals surface area contributed by atoms with Gasteiger partial charge in [-0.25, -0.2) is 13.4 Å². The summed E-state index contributed by atoms with van der Waals surface area (Å²) >= 11 is 1.59. The molecule has 1 aromatic heterocycles. The highest BCUT2D eigenvalue weighted by molar-refractivity contribution is 7.89. The largest absolute Gasteiger partial charge is 0.351 e. The minimum atomic E-state index is -3.45. The van der Waals surface area contributed by atoms with Gasteiger partial charge in [0, 0.05) is 31.3 Å². The summed E-state index contributed by atoms with van der Waals surface area (Å²) in [5.74, 6) is 0.196. The van der Waals surface area contributed by atoms with Gasteiger partial charge in [-0.3, -0.25) is 4.79 Å². The molecule has 1 saturated heterocycles. The minimum Gasteiger partial charge on any atom is -0.351 e. The van der Waals surface area contributed by atoms with Crippen LogP contribution < -0.4 is 5.32 Å². The molecule has 8 heteroatoms. The maximum atomic E-state index is 12.9. The fraction of sp³-hybridized carbons (Fsp3) is 0.474. The van der Waals surface area contributed by atoms with Gasteiger partial charge in [0.15, 0.2) is 0 Å². The van der Waals surface area contributed by atoms with Gasteiger partial charge in [-0.2, -0.15) is 4.31 Å². The SMILES string of the molecule is CC(=O)NCc1csc(C2CCN(S(=O)(=O)c3ccc(C)c(C)c3)CC2)n1. The van der Waals surface area contributed by atoms with Gasteiger partial charge >= 0.3 is 0 Å². The molecule has 0 saturated carbocycles. The van der Waals surface area contributed by atoms with Crippen LogP contribution in [0.2, 0.25) is 0 Å². The van der Waals surface area contributed by atoms with E-state index < -0.39 is 10.0 Å². The predicted molar refractivity (Wildman–Crippen MR) is 106 cm³/mol.